The van der Waals surface area contributed by atoms with Crippen LogP contribution in [-0.2, 0) is 4.79 Å². The van der Waals surface area contributed by atoms with Crippen LogP contribution in [0.4, 0.5) is 0 Å². The maximum Gasteiger partial charge on any atom is 0.246 e. The summed E-state index contributed by atoms with van der Waals surface area (Å²) < 4.78 is 0. The minimum absolute atomic E-state index is 0.0407. The molecule has 0 spiro atoms. The fraction of sp³-hybridized carbons (Fsp3) is 0.308. The number of aryl methyl sites for hydroxylation is 1. The molecule has 0 aliphatic heterocycles. The van der Waals surface area contributed by atoms with Gasteiger partial charge in [-0.1, -0.05) is 29.8 Å². The highest BCUT2D eigenvalue weighted by molar-refractivity contribution is 5.91. The van der Waals surface area contributed by atoms with E-state index in [0.717, 1.165) is 12.1 Å². The number of hydrogen-bond donors (Lipinski definition) is 0. The summed E-state index contributed by atoms with van der Waals surface area (Å²) in [6, 6.07) is 8.07. The first-order valence-corrected chi connectivity index (χ1v) is 5.13. The Hall–Kier alpha value is -1.57. The molecule has 0 aliphatic carbocycles. The number of rotatable bonds is 3. The monoisotopic (exact) mass is 203 g/mol. The molecule has 0 radical (unpaired) electrons. The van der Waals surface area contributed by atoms with Crippen LogP contribution in [0, 0.1) is 6.92 Å². The average molecular weight is 203 g/mol. The molecule has 1 rings (SSSR count). The third-order valence-corrected chi connectivity index (χ3v) is 2.31. The second-order valence-electron chi connectivity index (χ2n) is 3.60. The van der Waals surface area contributed by atoms with Crippen molar-refractivity contribution in [1.29, 1.82) is 0 Å². The van der Waals surface area contributed by atoms with Gasteiger partial charge in [-0.25, -0.2) is 0 Å². The Morgan fingerprint density at radius 2 is 2.20 bits per heavy atom. The van der Waals surface area contributed by atoms with E-state index in [1.165, 1.54) is 5.56 Å². The van der Waals surface area contributed by atoms with Crippen molar-refractivity contribution in [2.45, 2.75) is 13.8 Å². The molecule has 2 nitrogen and oxygen atoms in total. The SMILES string of the molecule is CCN(C)C(=O)/C=C/c1cccc(C)c1. The number of hydrogen-bond acceptors (Lipinski definition) is 1. The van der Waals surface area contributed by atoms with Gasteiger partial charge in [-0.05, 0) is 25.5 Å². The first-order valence-electron chi connectivity index (χ1n) is 5.13. The highest BCUT2D eigenvalue weighted by Crippen LogP contribution is 2.05. The van der Waals surface area contributed by atoms with Crippen LogP contribution < -0.4 is 0 Å². The highest BCUT2D eigenvalue weighted by Gasteiger charge is 2.00. The number of carbonyl (C=O) groups is 1. The lowest BCUT2D eigenvalue weighted by Gasteiger charge is -2.10. The first kappa shape index (κ1) is 11.5. The number of carbonyl (C=O) groups excluding carboxylic acids is 1. The van der Waals surface area contributed by atoms with Crippen LogP contribution in [0.25, 0.3) is 6.08 Å². The Morgan fingerprint density at radius 1 is 1.47 bits per heavy atom. The molecule has 1 amide bonds. The van der Waals surface area contributed by atoms with Crippen molar-refractivity contribution in [3.8, 4) is 0 Å². The third-order valence-electron chi connectivity index (χ3n) is 2.31. The fourth-order valence-electron chi connectivity index (χ4n) is 1.22. The van der Waals surface area contributed by atoms with Crippen molar-refractivity contribution in [3.63, 3.8) is 0 Å². The number of nitrogens with zero attached hydrogens (tertiary/aromatic N) is 1. The second-order valence-corrected chi connectivity index (χ2v) is 3.60. The van der Waals surface area contributed by atoms with Gasteiger partial charge in [-0.2, -0.15) is 0 Å². The number of amides is 1. The van der Waals surface area contributed by atoms with Gasteiger partial charge >= 0.3 is 0 Å². The molecule has 0 saturated heterocycles. The average Bonchev–Trinajstić information content (AvgIpc) is 2.25. The highest BCUT2D eigenvalue weighted by atomic mass is 16.2. The lowest BCUT2D eigenvalue weighted by molar-refractivity contribution is -0.124. The van der Waals surface area contributed by atoms with E-state index in [-0.39, 0.29) is 5.91 Å². The summed E-state index contributed by atoms with van der Waals surface area (Å²) in [6.07, 6.45) is 3.46. The maximum atomic E-state index is 11.5. The van der Waals surface area contributed by atoms with Crippen LogP contribution in [0.3, 0.4) is 0 Å². The van der Waals surface area contributed by atoms with Crippen LogP contribution >= 0.6 is 0 Å². The van der Waals surface area contributed by atoms with E-state index in [0.29, 0.717) is 0 Å². The standard InChI is InChI=1S/C13H17NO/c1-4-14(3)13(15)9-8-12-7-5-6-11(2)10-12/h5-10H,4H2,1-3H3/b9-8+. The molecule has 0 unspecified atom stereocenters. The Morgan fingerprint density at radius 3 is 2.80 bits per heavy atom. The number of benzene rings is 1. The summed E-state index contributed by atoms with van der Waals surface area (Å²) in [5, 5.41) is 0. The molecule has 2 heteroatoms. The molecule has 0 fully saturated rings. The smallest absolute Gasteiger partial charge is 0.246 e. The van der Waals surface area contributed by atoms with Gasteiger partial charge < -0.3 is 4.90 Å². The first-order chi connectivity index (χ1) is 7.13. The maximum absolute atomic E-state index is 11.5. The Kier molecular flexibility index (Phi) is 4.10. The Bertz CT molecular complexity index is 369. The molecule has 15 heavy (non-hydrogen) atoms. The van der Waals surface area contributed by atoms with Crippen molar-refractivity contribution < 1.29 is 4.79 Å². The molecule has 0 atom stereocenters. The molecule has 0 bridgehead atoms. The quantitative estimate of drug-likeness (QED) is 0.691. The number of likely N-dealkylation sites (N-methyl/N-ethyl adjacent to an activating group) is 1. The van der Waals surface area contributed by atoms with E-state index in [1.54, 1.807) is 18.0 Å². The molecule has 0 heterocycles. The largest absolute Gasteiger partial charge is 0.343 e. The molecular formula is C13H17NO. The van der Waals surface area contributed by atoms with Crippen molar-refractivity contribution in [1.82, 2.24) is 4.90 Å². The van der Waals surface area contributed by atoms with Crippen molar-refractivity contribution in [2.75, 3.05) is 13.6 Å². The van der Waals surface area contributed by atoms with E-state index in [4.69, 9.17) is 0 Å². The molecule has 0 N–H and O–H groups in total. The molecule has 1 aromatic carbocycles. The zero-order chi connectivity index (χ0) is 11.3. The van der Waals surface area contributed by atoms with Gasteiger partial charge in [0.05, 0.1) is 0 Å². The van der Waals surface area contributed by atoms with E-state index in [1.807, 2.05) is 38.1 Å². The topological polar surface area (TPSA) is 20.3 Å². The molecule has 0 aromatic heterocycles. The third kappa shape index (κ3) is 3.58. The fourth-order valence-corrected chi connectivity index (χ4v) is 1.22. The summed E-state index contributed by atoms with van der Waals surface area (Å²) in [6.45, 7) is 4.73. The Labute approximate surface area is 91.2 Å². The molecule has 1 aromatic rings. The predicted molar refractivity (Wildman–Crippen MR) is 63.5 cm³/mol. The minimum Gasteiger partial charge on any atom is -0.343 e. The second kappa shape index (κ2) is 5.35. The summed E-state index contributed by atoms with van der Waals surface area (Å²) in [5.74, 6) is 0.0407. The van der Waals surface area contributed by atoms with Crippen molar-refractivity contribution >= 4 is 12.0 Å². The predicted octanol–water partition coefficient (Wildman–Crippen LogP) is 2.49. The van der Waals surface area contributed by atoms with Gasteiger partial charge in [0.2, 0.25) is 5.91 Å². The lowest BCUT2D eigenvalue weighted by Crippen LogP contribution is -2.23. The van der Waals surface area contributed by atoms with E-state index >= 15 is 0 Å². The normalized spacial score (nSPS) is 10.6. The Balaban J connectivity index is 2.69. The van der Waals surface area contributed by atoms with Crippen molar-refractivity contribution in [2.24, 2.45) is 0 Å². The van der Waals surface area contributed by atoms with Crippen LogP contribution in [-0.4, -0.2) is 24.4 Å². The summed E-state index contributed by atoms with van der Waals surface area (Å²) in [4.78, 5) is 13.1. The van der Waals surface area contributed by atoms with Gasteiger partial charge in [0.1, 0.15) is 0 Å². The van der Waals surface area contributed by atoms with Gasteiger partial charge in [-0.3, -0.25) is 4.79 Å². The van der Waals surface area contributed by atoms with Crippen LogP contribution in [0.15, 0.2) is 30.3 Å². The van der Waals surface area contributed by atoms with Gasteiger partial charge in [0.15, 0.2) is 0 Å². The van der Waals surface area contributed by atoms with Crippen LogP contribution in [0.1, 0.15) is 18.1 Å². The summed E-state index contributed by atoms with van der Waals surface area (Å²) in [5.41, 5.74) is 2.27. The minimum atomic E-state index is 0.0407. The van der Waals surface area contributed by atoms with Gasteiger partial charge in [0.25, 0.3) is 0 Å². The summed E-state index contributed by atoms with van der Waals surface area (Å²) in [7, 11) is 1.79. The zero-order valence-corrected chi connectivity index (χ0v) is 9.53. The molecular weight excluding hydrogens is 186 g/mol. The summed E-state index contributed by atoms with van der Waals surface area (Å²) >= 11 is 0. The molecule has 0 aliphatic rings. The van der Waals surface area contributed by atoms with E-state index in [2.05, 4.69) is 6.07 Å². The van der Waals surface area contributed by atoms with E-state index < -0.39 is 0 Å². The van der Waals surface area contributed by atoms with Crippen LogP contribution in [0.2, 0.25) is 0 Å². The van der Waals surface area contributed by atoms with Crippen molar-refractivity contribution in [3.05, 3.63) is 41.5 Å². The molecule has 0 saturated carbocycles. The molecule has 80 valence electrons. The van der Waals surface area contributed by atoms with E-state index in [9.17, 15) is 4.79 Å². The van der Waals surface area contributed by atoms with Crippen LogP contribution in [0.5, 0.6) is 0 Å². The zero-order valence-electron chi connectivity index (χ0n) is 9.53. The van der Waals surface area contributed by atoms with Gasteiger partial charge in [0, 0.05) is 19.7 Å². The lowest BCUT2D eigenvalue weighted by atomic mass is 10.1. The van der Waals surface area contributed by atoms with Gasteiger partial charge in [-0.15, -0.1) is 0 Å².